The number of halogens is 1. The van der Waals surface area contributed by atoms with Crippen LogP contribution in [0.15, 0.2) is 47.4 Å². The molecule has 1 amide bonds. The van der Waals surface area contributed by atoms with Crippen molar-refractivity contribution < 1.29 is 9.18 Å². The molecule has 2 aromatic rings. The Bertz CT molecular complexity index is 793. The van der Waals surface area contributed by atoms with Crippen molar-refractivity contribution in [2.75, 3.05) is 32.7 Å². The van der Waals surface area contributed by atoms with Crippen LogP contribution in [0.3, 0.4) is 0 Å². The quantitative estimate of drug-likeness (QED) is 0.854. The molecule has 2 heterocycles. The van der Waals surface area contributed by atoms with Gasteiger partial charge in [0.1, 0.15) is 5.82 Å². The van der Waals surface area contributed by atoms with E-state index in [1.807, 2.05) is 4.90 Å². The van der Waals surface area contributed by atoms with E-state index in [-0.39, 0.29) is 17.3 Å². The summed E-state index contributed by atoms with van der Waals surface area (Å²) in [5, 5.41) is 0. The predicted molar refractivity (Wildman–Crippen MR) is 94.6 cm³/mol. The van der Waals surface area contributed by atoms with Crippen molar-refractivity contribution in [2.45, 2.75) is 13.3 Å². The number of rotatable bonds is 4. The lowest BCUT2D eigenvalue weighted by Crippen LogP contribution is -2.48. The number of hydrogen-bond acceptors (Lipinski definition) is 3. The summed E-state index contributed by atoms with van der Waals surface area (Å²) in [7, 11) is 0. The van der Waals surface area contributed by atoms with Crippen LogP contribution in [0, 0.1) is 5.82 Å². The van der Waals surface area contributed by atoms with E-state index in [0.717, 1.165) is 26.1 Å². The fraction of sp³-hybridized carbons (Fsp3) is 0.368. The molecule has 0 aliphatic carbocycles. The zero-order valence-electron chi connectivity index (χ0n) is 14.3. The summed E-state index contributed by atoms with van der Waals surface area (Å²) in [4.78, 5) is 29.0. The van der Waals surface area contributed by atoms with Crippen molar-refractivity contribution in [1.29, 1.82) is 0 Å². The molecule has 0 atom stereocenters. The van der Waals surface area contributed by atoms with E-state index in [4.69, 9.17) is 0 Å². The third-order valence-corrected chi connectivity index (χ3v) is 4.46. The molecule has 132 valence electrons. The minimum Gasteiger partial charge on any atom is -0.336 e. The first kappa shape index (κ1) is 17.4. The number of benzene rings is 1. The van der Waals surface area contributed by atoms with Gasteiger partial charge < -0.3 is 4.90 Å². The average molecular weight is 343 g/mol. The van der Waals surface area contributed by atoms with Crippen LogP contribution in [0.5, 0.6) is 0 Å². The van der Waals surface area contributed by atoms with Crippen LogP contribution in [0.4, 0.5) is 4.39 Å². The van der Waals surface area contributed by atoms with Crippen LogP contribution >= 0.6 is 0 Å². The Morgan fingerprint density at radius 1 is 1.04 bits per heavy atom. The molecule has 1 aromatic carbocycles. The lowest BCUT2D eigenvalue weighted by Gasteiger charge is -2.34. The Hall–Kier alpha value is -2.47. The van der Waals surface area contributed by atoms with Gasteiger partial charge in [0.05, 0.1) is 5.56 Å². The van der Waals surface area contributed by atoms with Gasteiger partial charge in [-0.25, -0.2) is 4.39 Å². The minimum atomic E-state index is -0.367. The van der Waals surface area contributed by atoms with Crippen molar-refractivity contribution >= 4 is 5.91 Å². The number of carbonyl (C=O) groups excluding carboxylic acids is 1. The van der Waals surface area contributed by atoms with Gasteiger partial charge in [0, 0.05) is 44.1 Å². The van der Waals surface area contributed by atoms with Crippen molar-refractivity contribution in [2.24, 2.45) is 0 Å². The number of piperazine rings is 1. The van der Waals surface area contributed by atoms with Gasteiger partial charge in [-0.15, -0.1) is 0 Å². The van der Waals surface area contributed by atoms with Gasteiger partial charge in [0.15, 0.2) is 0 Å². The van der Waals surface area contributed by atoms with Crippen LogP contribution in [-0.4, -0.2) is 53.0 Å². The first-order valence-corrected chi connectivity index (χ1v) is 8.59. The lowest BCUT2D eigenvalue weighted by atomic mass is 10.2. The standard InChI is InChI=1S/C19H22FN3O2/c1-2-9-21-10-12-22(13-11-21)19(25)15-3-8-18(24)23(14-15)17-6-4-16(20)5-7-17/h3-8,14H,2,9-13H2,1H3. The third-order valence-electron chi connectivity index (χ3n) is 4.46. The number of aromatic nitrogens is 1. The predicted octanol–water partition coefficient (Wildman–Crippen LogP) is 2.14. The van der Waals surface area contributed by atoms with E-state index in [9.17, 15) is 14.0 Å². The van der Waals surface area contributed by atoms with E-state index in [1.54, 1.807) is 6.07 Å². The van der Waals surface area contributed by atoms with E-state index in [1.165, 1.54) is 41.1 Å². The van der Waals surface area contributed by atoms with E-state index in [2.05, 4.69) is 11.8 Å². The number of hydrogen-bond donors (Lipinski definition) is 0. The van der Waals surface area contributed by atoms with E-state index < -0.39 is 0 Å². The maximum Gasteiger partial charge on any atom is 0.255 e. The summed E-state index contributed by atoms with van der Waals surface area (Å²) in [6, 6.07) is 8.57. The molecule has 1 saturated heterocycles. The smallest absolute Gasteiger partial charge is 0.255 e. The summed E-state index contributed by atoms with van der Waals surface area (Å²) < 4.78 is 14.5. The molecular formula is C19H22FN3O2. The zero-order chi connectivity index (χ0) is 17.8. The molecule has 0 saturated carbocycles. The Morgan fingerprint density at radius 3 is 2.36 bits per heavy atom. The molecule has 3 rings (SSSR count). The Balaban J connectivity index is 1.79. The zero-order valence-corrected chi connectivity index (χ0v) is 14.3. The summed E-state index contributed by atoms with van der Waals surface area (Å²) in [5.41, 5.74) is 0.748. The number of carbonyl (C=O) groups is 1. The van der Waals surface area contributed by atoms with E-state index >= 15 is 0 Å². The monoisotopic (exact) mass is 343 g/mol. The maximum absolute atomic E-state index is 13.1. The van der Waals surface area contributed by atoms with Crippen LogP contribution in [0.1, 0.15) is 23.7 Å². The molecule has 0 bridgehead atoms. The normalized spacial score (nSPS) is 15.4. The highest BCUT2D eigenvalue weighted by Crippen LogP contribution is 2.11. The van der Waals surface area contributed by atoms with Gasteiger partial charge in [-0.05, 0) is 43.3 Å². The molecule has 0 N–H and O–H groups in total. The highest BCUT2D eigenvalue weighted by molar-refractivity contribution is 5.94. The molecular weight excluding hydrogens is 321 g/mol. The first-order valence-electron chi connectivity index (χ1n) is 8.59. The van der Waals surface area contributed by atoms with Gasteiger partial charge in [-0.2, -0.15) is 0 Å². The fourth-order valence-electron chi connectivity index (χ4n) is 3.09. The van der Waals surface area contributed by atoms with Gasteiger partial charge in [-0.3, -0.25) is 19.1 Å². The van der Waals surface area contributed by atoms with Crippen LogP contribution in [-0.2, 0) is 0 Å². The Kier molecular flexibility index (Phi) is 5.28. The second kappa shape index (κ2) is 7.61. The fourth-order valence-corrected chi connectivity index (χ4v) is 3.09. The van der Waals surface area contributed by atoms with Crippen molar-refractivity contribution in [3.8, 4) is 5.69 Å². The van der Waals surface area contributed by atoms with E-state index in [0.29, 0.717) is 24.3 Å². The number of nitrogens with zero attached hydrogens (tertiary/aromatic N) is 3. The van der Waals surface area contributed by atoms with Crippen LogP contribution in [0.25, 0.3) is 5.69 Å². The second-order valence-electron chi connectivity index (χ2n) is 6.24. The molecule has 1 fully saturated rings. The molecule has 25 heavy (non-hydrogen) atoms. The molecule has 0 unspecified atom stereocenters. The highest BCUT2D eigenvalue weighted by Gasteiger charge is 2.22. The molecule has 0 radical (unpaired) electrons. The second-order valence-corrected chi connectivity index (χ2v) is 6.24. The molecule has 1 aromatic heterocycles. The topological polar surface area (TPSA) is 45.6 Å². The van der Waals surface area contributed by atoms with Crippen molar-refractivity contribution in [1.82, 2.24) is 14.4 Å². The minimum absolute atomic E-state index is 0.0768. The molecule has 0 spiro atoms. The average Bonchev–Trinajstić information content (AvgIpc) is 2.63. The van der Waals surface area contributed by atoms with Gasteiger partial charge in [0.25, 0.3) is 11.5 Å². The largest absolute Gasteiger partial charge is 0.336 e. The summed E-state index contributed by atoms with van der Waals surface area (Å²) in [5.74, 6) is -0.444. The Morgan fingerprint density at radius 2 is 1.72 bits per heavy atom. The van der Waals surface area contributed by atoms with Gasteiger partial charge in [-0.1, -0.05) is 6.92 Å². The number of pyridine rings is 1. The Labute approximate surface area is 146 Å². The lowest BCUT2D eigenvalue weighted by molar-refractivity contribution is 0.0637. The summed E-state index contributed by atoms with van der Waals surface area (Å²) in [6.45, 7) is 6.32. The van der Waals surface area contributed by atoms with Crippen LogP contribution in [0.2, 0.25) is 0 Å². The maximum atomic E-state index is 13.1. The van der Waals surface area contributed by atoms with Gasteiger partial charge in [0.2, 0.25) is 0 Å². The first-order chi connectivity index (χ1) is 12.1. The van der Waals surface area contributed by atoms with Gasteiger partial charge >= 0.3 is 0 Å². The molecule has 1 aliphatic rings. The van der Waals surface area contributed by atoms with Crippen molar-refractivity contribution in [3.63, 3.8) is 0 Å². The SMILES string of the molecule is CCCN1CCN(C(=O)c2ccc(=O)n(-c3ccc(F)cc3)c2)CC1. The van der Waals surface area contributed by atoms with Crippen LogP contribution < -0.4 is 5.56 Å². The van der Waals surface area contributed by atoms with Crippen molar-refractivity contribution in [3.05, 3.63) is 64.3 Å². The molecule has 5 nitrogen and oxygen atoms in total. The third kappa shape index (κ3) is 3.96. The highest BCUT2D eigenvalue weighted by atomic mass is 19.1. The summed E-state index contributed by atoms with van der Waals surface area (Å²) >= 11 is 0. The molecule has 6 heteroatoms. The number of amides is 1. The summed E-state index contributed by atoms with van der Waals surface area (Å²) in [6.07, 6.45) is 2.65. The molecule has 1 aliphatic heterocycles.